The quantitative estimate of drug-likeness (QED) is 0.0295. The molecule has 8 N–H and O–H groups in total. The maximum atomic E-state index is 9.13. The lowest BCUT2D eigenvalue weighted by Gasteiger charge is -2.20. The summed E-state index contributed by atoms with van der Waals surface area (Å²) in [6, 6.07) is 15.2. The van der Waals surface area contributed by atoms with Crippen LogP contribution in [0.5, 0.6) is 34.5 Å². The number of aromatic nitrogens is 2. The molecule has 0 aliphatic carbocycles. The van der Waals surface area contributed by atoms with Gasteiger partial charge in [0.25, 0.3) is 0 Å². The van der Waals surface area contributed by atoms with Crippen LogP contribution in [0, 0.1) is 0 Å². The van der Waals surface area contributed by atoms with E-state index in [1.54, 1.807) is 6.21 Å². The monoisotopic (exact) mass is 1330 g/mol. The molecule has 0 saturated carbocycles. The highest BCUT2D eigenvalue weighted by atomic mass is 16.6. The first-order chi connectivity index (χ1) is 46.5. The highest BCUT2D eigenvalue weighted by Crippen LogP contribution is 2.45. The predicted molar refractivity (Wildman–Crippen MR) is 345 cm³/mol. The molecule has 94 heavy (non-hydrogen) atoms. The Bertz CT molecular complexity index is 2760. The second-order valence-electron chi connectivity index (χ2n) is 19.7. The molecule has 0 spiro atoms. The maximum Gasteiger partial charge on any atom is 0.203 e. The van der Waals surface area contributed by atoms with Crippen LogP contribution in [-0.2, 0) is 56.8 Å². The van der Waals surface area contributed by atoms with Gasteiger partial charge in [-0.3, -0.25) is 4.99 Å². The first-order valence-corrected chi connectivity index (χ1v) is 31.5. The average Bonchev–Trinajstić information content (AvgIpc) is 1.80. The van der Waals surface area contributed by atoms with Crippen molar-refractivity contribution in [2.75, 3.05) is 238 Å². The van der Waals surface area contributed by atoms with Crippen molar-refractivity contribution in [2.45, 2.75) is 0 Å². The van der Waals surface area contributed by atoms with Gasteiger partial charge in [-0.2, -0.15) is 0 Å². The fourth-order valence-electron chi connectivity index (χ4n) is 8.88. The van der Waals surface area contributed by atoms with Crippen molar-refractivity contribution in [3.05, 3.63) is 119 Å². The zero-order valence-corrected chi connectivity index (χ0v) is 53.5. The summed E-state index contributed by atoms with van der Waals surface area (Å²) in [4.78, 5) is 17.1. The van der Waals surface area contributed by atoms with Gasteiger partial charge in [-0.05, 0) is 84.0 Å². The SMILES string of the molecule is OCCOCCOCCOc1cc(/C(=C2\C=CC=N2)c2ccc(C3=N/C(=C(\c4cc(OCCOCCOCCO)c(OCCOCCOCCO)c(OCCOCCOCCO)c4)c4ccc[nH]4)C=C3)[nH]2)cc(OCCOCCOCCO)c1OCCOCCOCCO. The van der Waals surface area contributed by atoms with Crippen molar-refractivity contribution >= 4 is 23.1 Å². The van der Waals surface area contributed by atoms with E-state index in [2.05, 4.69) is 9.97 Å². The van der Waals surface area contributed by atoms with Gasteiger partial charge in [0.15, 0.2) is 23.0 Å². The Morgan fingerprint density at radius 1 is 0.340 bits per heavy atom. The van der Waals surface area contributed by atoms with Crippen LogP contribution in [0.3, 0.4) is 0 Å². The van der Waals surface area contributed by atoms with E-state index < -0.39 is 0 Å². The third-order valence-corrected chi connectivity index (χ3v) is 13.0. The lowest BCUT2D eigenvalue weighted by Crippen LogP contribution is -2.15. The number of H-pyrrole nitrogens is 2. The molecule has 0 bridgehead atoms. The van der Waals surface area contributed by atoms with E-state index in [1.807, 2.05) is 79.0 Å². The molecule has 4 aromatic rings. The van der Waals surface area contributed by atoms with Gasteiger partial charge in [0.2, 0.25) is 11.5 Å². The summed E-state index contributed by atoms with van der Waals surface area (Å²) in [5.74, 6) is 2.01. The van der Waals surface area contributed by atoms with E-state index in [4.69, 9.17) is 126 Å². The number of aliphatic hydroxyl groups is 6. The standard InChI is InChI=1S/C66H94N4O24/c71-11-17-77-23-29-83-35-41-89-59-47-51(48-60(90-42-36-84-30-24-78-18-12-72)65(59)93-45-39-87-33-27-81-21-15-75)63(55-3-1-9-67-55)57-7-5-53(69-57)54-6-8-58(70-54)64(56-4-2-10-68-56)52-49-61(91-43-37-85-31-25-79-19-13-73)66(94-46-40-88-34-28-82-22-16-76)62(50-52)92-44-38-86-32-26-80-20-14-74/h1-10,47-50,67,70-76H,11-46H2/b63-57+,64-56-. The van der Waals surface area contributed by atoms with E-state index in [9.17, 15) is 0 Å². The summed E-state index contributed by atoms with van der Waals surface area (Å²) < 4.78 is 106. The smallest absolute Gasteiger partial charge is 0.203 e. The molecule has 28 nitrogen and oxygen atoms in total. The minimum absolute atomic E-state index is 0.0900. The van der Waals surface area contributed by atoms with Gasteiger partial charge in [-0.25, -0.2) is 4.99 Å². The highest BCUT2D eigenvalue weighted by molar-refractivity contribution is 6.11. The lowest BCUT2D eigenvalue weighted by molar-refractivity contribution is 0.0206. The minimum Gasteiger partial charge on any atom is -0.487 e. The number of ether oxygens (including phenoxy) is 18. The summed E-state index contributed by atoms with van der Waals surface area (Å²) >= 11 is 0. The molecule has 0 atom stereocenters. The van der Waals surface area contributed by atoms with E-state index in [0.717, 1.165) is 5.69 Å². The van der Waals surface area contributed by atoms with E-state index in [1.165, 1.54) is 0 Å². The normalized spacial score (nSPS) is 13.7. The van der Waals surface area contributed by atoms with Crippen LogP contribution >= 0.6 is 0 Å². The number of aromatic amines is 2. The van der Waals surface area contributed by atoms with Crippen LogP contribution in [0.4, 0.5) is 0 Å². The molecule has 2 aromatic heterocycles. The first kappa shape index (κ1) is 76.4. The van der Waals surface area contributed by atoms with Gasteiger partial charge in [-0.1, -0.05) is 0 Å². The Kier molecular flexibility index (Phi) is 39.8. The number of benzene rings is 2. The van der Waals surface area contributed by atoms with Gasteiger partial charge >= 0.3 is 0 Å². The number of aliphatic hydroxyl groups excluding tert-OH is 6. The molecule has 0 unspecified atom stereocenters. The van der Waals surface area contributed by atoms with Crippen molar-refractivity contribution in [3.63, 3.8) is 0 Å². The van der Waals surface area contributed by atoms with Gasteiger partial charge in [-0.15, -0.1) is 0 Å². The second kappa shape index (κ2) is 49.0. The number of hydrogen-bond acceptors (Lipinski definition) is 26. The summed E-state index contributed by atoms with van der Waals surface area (Å²) in [6.45, 7) is 6.11. The van der Waals surface area contributed by atoms with Crippen molar-refractivity contribution < 1.29 is 116 Å². The summed E-state index contributed by atoms with van der Waals surface area (Å²) in [7, 11) is 0. The summed E-state index contributed by atoms with van der Waals surface area (Å²) in [5.41, 5.74) is 6.73. The predicted octanol–water partition coefficient (Wildman–Crippen LogP) is 2.99. The zero-order valence-electron chi connectivity index (χ0n) is 53.5. The Morgan fingerprint density at radius 2 is 0.681 bits per heavy atom. The molecule has 2 aliphatic rings. The third-order valence-electron chi connectivity index (χ3n) is 13.0. The van der Waals surface area contributed by atoms with Crippen LogP contribution < -0.4 is 28.4 Å². The molecule has 2 aromatic carbocycles. The molecule has 4 heterocycles. The van der Waals surface area contributed by atoms with Gasteiger partial charge in [0.05, 0.1) is 221 Å². The van der Waals surface area contributed by atoms with E-state index in [-0.39, 0.29) is 198 Å². The van der Waals surface area contributed by atoms with Crippen LogP contribution in [0.15, 0.2) is 100 Å². The summed E-state index contributed by atoms with van der Waals surface area (Å²) in [6.07, 6.45) is 11.2. The Hall–Kier alpha value is -6.62. The number of allylic oxidation sites excluding steroid dienone is 4. The third kappa shape index (κ3) is 28.8. The number of nitrogens with zero attached hydrogens (tertiary/aromatic N) is 2. The molecule has 522 valence electrons. The largest absolute Gasteiger partial charge is 0.487 e. The summed E-state index contributed by atoms with van der Waals surface area (Å²) in [5, 5.41) is 54.7. The molecule has 2 aliphatic heterocycles. The molecule has 0 amide bonds. The molecule has 6 rings (SSSR count). The fraction of sp³-hybridized carbons (Fsp3) is 0.545. The van der Waals surface area contributed by atoms with Crippen molar-refractivity contribution in [2.24, 2.45) is 9.98 Å². The van der Waals surface area contributed by atoms with E-state index in [0.29, 0.717) is 125 Å². The first-order valence-electron chi connectivity index (χ1n) is 31.5. The second-order valence-corrected chi connectivity index (χ2v) is 19.7. The van der Waals surface area contributed by atoms with Crippen LogP contribution in [0.25, 0.3) is 11.1 Å². The molecular formula is C66H94N4O24. The van der Waals surface area contributed by atoms with Crippen molar-refractivity contribution in [1.29, 1.82) is 0 Å². The van der Waals surface area contributed by atoms with Crippen LogP contribution in [0.1, 0.15) is 28.2 Å². The lowest BCUT2D eigenvalue weighted by atomic mass is 9.99. The Balaban J connectivity index is 1.36. The average molecular weight is 1330 g/mol. The van der Waals surface area contributed by atoms with Crippen molar-refractivity contribution in [1.82, 2.24) is 9.97 Å². The van der Waals surface area contributed by atoms with Crippen LogP contribution in [0.2, 0.25) is 0 Å². The fourth-order valence-corrected chi connectivity index (χ4v) is 8.88. The number of hydrogen-bond donors (Lipinski definition) is 8. The Morgan fingerprint density at radius 3 is 1.01 bits per heavy atom. The van der Waals surface area contributed by atoms with E-state index >= 15 is 0 Å². The van der Waals surface area contributed by atoms with Gasteiger partial charge < -0.3 is 126 Å². The maximum absolute atomic E-state index is 9.13. The number of nitrogens with one attached hydrogen (secondary N) is 2. The number of rotatable bonds is 59. The molecule has 28 heteroatoms. The zero-order chi connectivity index (χ0) is 66.1. The van der Waals surface area contributed by atoms with Crippen molar-refractivity contribution in [3.8, 4) is 34.5 Å². The highest BCUT2D eigenvalue weighted by Gasteiger charge is 2.25. The molecule has 0 radical (unpaired) electrons. The molecule has 0 fully saturated rings. The topological polar surface area (TPSA) is 344 Å². The van der Waals surface area contributed by atoms with Gasteiger partial charge in [0.1, 0.15) is 39.6 Å². The Labute approximate surface area is 548 Å². The minimum atomic E-state index is -0.0929. The molecular weight excluding hydrogens is 1230 g/mol. The van der Waals surface area contributed by atoms with Crippen LogP contribution in [-0.4, -0.2) is 290 Å². The van der Waals surface area contributed by atoms with Gasteiger partial charge in [0, 0.05) is 34.9 Å². The molecule has 0 saturated heterocycles. The number of aliphatic imine (C=N–C) groups is 2.